The first-order valence-corrected chi connectivity index (χ1v) is 7.20. The summed E-state index contributed by atoms with van der Waals surface area (Å²) in [7, 11) is 1.76. The summed E-state index contributed by atoms with van der Waals surface area (Å²) in [5, 5.41) is 2.94. The van der Waals surface area contributed by atoms with Crippen LogP contribution < -0.4 is 10.1 Å². The Kier molecular flexibility index (Phi) is 4.02. The first-order chi connectivity index (χ1) is 10.9. The first kappa shape index (κ1) is 15.8. The number of alkyl halides is 3. The molecule has 0 radical (unpaired) electrons. The van der Waals surface area contributed by atoms with E-state index in [1.54, 1.807) is 13.1 Å². The predicted molar refractivity (Wildman–Crippen MR) is 78.9 cm³/mol. The molecule has 0 aliphatic carbocycles. The largest absolute Gasteiger partial charge is 0.485 e. The summed E-state index contributed by atoms with van der Waals surface area (Å²) in [5.74, 6) is -0.494. The predicted octanol–water partition coefficient (Wildman–Crippen LogP) is 4.03. The summed E-state index contributed by atoms with van der Waals surface area (Å²) in [5.41, 5.74) is 0.00363. The van der Waals surface area contributed by atoms with Crippen LogP contribution in [0.3, 0.4) is 0 Å². The first-order valence-electron chi connectivity index (χ1n) is 7.20. The zero-order valence-corrected chi connectivity index (χ0v) is 12.4. The van der Waals surface area contributed by atoms with Gasteiger partial charge in [-0.2, -0.15) is 13.2 Å². The Bertz CT molecular complexity index is 727. The minimum atomic E-state index is -4.49. The topological polar surface area (TPSA) is 21.3 Å². The monoisotopic (exact) mass is 325 g/mol. The van der Waals surface area contributed by atoms with E-state index in [2.05, 4.69) is 5.32 Å². The smallest absolute Gasteiger partial charge is 0.417 e. The molecule has 23 heavy (non-hydrogen) atoms. The molecule has 0 fully saturated rings. The number of rotatable bonds is 3. The van der Waals surface area contributed by atoms with Gasteiger partial charge in [0.15, 0.2) is 11.6 Å². The molecule has 1 unspecified atom stereocenters. The van der Waals surface area contributed by atoms with Gasteiger partial charge in [-0.15, -0.1) is 0 Å². The Morgan fingerprint density at radius 3 is 2.65 bits per heavy atom. The Morgan fingerprint density at radius 1 is 1.22 bits per heavy atom. The van der Waals surface area contributed by atoms with Crippen LogP contribution in [0.25, 0.3) is 11.1 Å². The van der Waals surface area contributed by atoms with E-state index in [1.807, 2.05) is 0 Å². The van der Waals surface area contributed by atoms with Crippen molar-refractivity contribution in [1.82, 2.24) is 5.32 Å². The highest BCUT2D eigenvalue weighted by atomic mass is 19.4. The van der Waals surface area contributed by atoms with Crippen molar-refractivity contribution < 1.29 is 22.3 Å². The summed E-state index contributed by atoms with van der Waals surface area (Å²) in [6, 6.07) is 7.87. The van der Waals surface area contributed by atoms with Gasteiger partial charge in [-0.3, -0.25) is 0 Å². The lowest BCUT2D eigenvalue weighted by atomic mass is 9.96. The molecule has 0 saturated heterocycles. The van der Waals surface area contributed by atoms with Crippen molar-refractivity contribution in [3.63, 3.8) is 0 Å². The Balaban J connectivity index is 2.05. The molecule has 1 atom stereocenters. The fourth-order valence-electron chi connectivity index (χ4n) is 2.87. The third-order valence-corrected chi connectivity index (χ3v) is 3.83. The quantitative estimate of drug-likeness (QED) is 0.860. The molecule has 122 valence electrons. The summed E-state index contributed by atoms with van der Waals surface area (Å²) in [4.78, 5) is 0. The molecule has 0 spiro atoms. The van der Waals surface area contributed by atoms with Crippen LogP contribution in [0.5, 0.6) is 5.75 Å². The average Bonchev–Trinajstić information content (AvgIpc) is 2.90. The molecular formula is C17H15F4NO. The molecule has 0 amide bonds. The van der Waals surface area contributed by atoms with Gasteiger partial charge in [0.1, 0.15) is 6.10 Å². The van der Waals surface area contributed by atoms with Crippen molar-refractivity contribution in [3.05, 3.63) is 53.3 Å². The van der Waals surface area contributed by atoms with Crippen LogP contribution in [-0.2, 0) is 12.6 Å². The van der Waals surface area contributed by atoms with Crippen molar-refractivity contribution in [2.45, 2.75) is 18.7 Å². The number of benzene rings is 2. The number of hydrogen-bond donors (Lipinski definition) is 1. The van der Waals surface area contributed by atoms with Crippen LogP contribution in [-0.4, -0.2) is 19.7 Å². The lowest BCUT2D eigenvalue weighted by molar-refractivity contribution is -0.137. The molecule has 2 aromatic carbocycles. The minimum absolute atomic E-state index is 0.0289. The average molecular weight is 325 g/mol. The van der Waals surface area contributed by atoms with E-state index >= 15 is 0 Å². The molecule has 3 rings (SSSR count). The van der Waals surface area contributed by atoms with Gasteiger partial charge < -0.3 is 10.1 Å². The summed E-state index contributed by atoms with van der Waals surface area (Å²) in [6.07, 6.45) is -4.23. The lowest BCUT2D eigenvalue weighted by Gasteiger charge is -2.13. The van der Waals surface area contributed by atoms with E-state index in [0.29, 0.717) is 18.5 Å². The third-order valence-electron chi connectivity index (χ3n) is 3.83. The Morgan fingerprint density at radius 2 is 1.96 bits per heavy atom. The fourth-order valence-corrected chi connectivity index (χ4v) is 2.87. The molecule has 0 aromatic heterocycles. The molecule has 0 saturated carbocycles. The number of ether oxygens (including phenoxy) is 1. The summed E-state index contributed by atoms with van der Waals surface area (Å²) < 4.78 is 59.2. The zero-order valence-electron chi connectivity index (χ0n) is 12.4. The maximum Gasteiger partial charge on any atom is 0.417 e. The van der Waals surface area contributed by atoms with Crippen molar-refractivity contribution in [2.24, 2.45) is 0 Å². The fraction of sp³-hybridized carbons (Fsp3) is 0.294. The SMILES string of the molecule is CNCC1Cc2cc(-c3ccccc3C(F)(F)F)cc(F)c2O1. The molecule has 1 aliphatic heterocycles. The van der Waals surface area contributed by atoms with Crippen LogP contribution in [0, 0.1) is 5.82 Å². The van der Waals surface area contributed by atoms with E-state index in [-0.39, 0.29) is 23.0 Å². The van der Waals surface area contributed by atoms with Gasteiger partial charge in [-0.05, 0) is 36.4 Å². The van der Waals surface area contributed by atoms with E-state index in [1.165, 1.54) is 18.2 Å². The third kappa shape index (κ3) is 3.03. The second kappa shape index (κ2) is 5.85. The lowest BCUT2D eigenvalue weighted by Crippen LogP contribution is -2.27. The van der Waals surface area contributed by atoms with Gasteiger partial charge in [-0.1, -0.05) is 18.2 Å². The van der Waals surface area contributed by atoms with Crippen LogP contribution in [0.15, 0.2) is 36.4 Å². The van der Waals surface area contributed by atoms with Gasteiger partial charge in [0.2, 0.25) is 0 Å². The summed E-state index contributed by atoms with van der Waals surface area (Å²) >= 11 is 0. The second-order valence-electron chi connectivity index (χ2n) is 5.49. The number of likely N-dealkylation sites (N-methyl/N-ethyl adjacent to an activating group) is 1. The minimum Gasteiger partial charge on any atom is -0.485 e. The van der Waals surface area contributed by atoms with Crippen LogP contribution in [0.1, 0.15) is 11.1 Å². The molecule has 6 heteroatoms. The molecule has 2 aromatic rings. The standard InChI is InChI=1S/C17H15F4NO/c1-22-9-12-7-11-6-10(8-15(18)16(11)23-12)13-4-2-3-5-14(13)17(19,20)21/h2-6,8,12,22H,7,9H2,1H3. The van der Waals surface area contributed by atoms with Crippen molar-refractivity contribution >= 4 is 0 Å². The van der Waals surface area contributed by atoms with Crippen molar-refractivity contribution in [3.8, 4) is 16.9 Å². The highest BCUT2D eigenvalue weighted by Gasteiger charge is 2.34. The van der Waals surface area contributed by atoms with E-state index in [9.17, 15) is 17.6 Å². The highest BCUT2D eigenvalue weighted by Crippen LogP contribution is 2.40. The van der Waals surface area contributed by atoms with Gasteiger partial charge >= 0.3 is 6.18 Å². The normalized spacial score (nSPS) is 17.0. The van der Waals surface area contributed by atoms with E-state index < -0.39 is 17.6 Å². The van der Waals surface area contributed by atoms with Crippen molar-refractivity contribution in [1.29, 1.82) is 0 Å². The zero-order chi connectivity index (χ0) is 16.6. The number of nitrogens with one attached hydrogen (secondary N) is 1. The van der Waals surface area contributed by atoms with Crippen LogP contribution in [0.2, 0.25) is 0 Å². The van der Waals surface area contributed by atoms with Gasteiger partial charge in [-0.25, -0.2) is 4.39 Å². The van der Waals surface area contributed by atoms with E-state index in [4.69, 9.17) is 4.74 Å². The van der Waals surface area contributed by atoms with E-state index in [0.717, 1.165) is 12.1 Å². The van der Waals surface area contributed by atoms with Gasteiger partial charge in [0.25, 0.3) is 0 Å². The number of halogens is 4. The molecule has 1 heterocycles. The second-order valence-corrected chi connectivity index (χ2v) is 5.49. The molecule has 0 bridgehead atoms. The highest BCUT2D eigenvalue weighted by molar-refractivity contribution is 5.70. The molecule has 1 aliphatic rings. The number of hydrogen-bond acceptors (Lipinski definition) is 2. The van der Waals surface area contributed by atoms with Gasteiger partial charge in [0.05, 0.1) is 5.56 Å². The summed E-state index contributed by atoms with van der Waals surface area (Å²) in [6.45, 7) is 0.544. The molecule has 2 nitrogen and oxygen atoms in total. The molecular weight excluding hydrogens is 310 g/mol. The maximum absolute atomic E-state index is 14.3. The van der Waals surface area contributed by atoms with Crippen LogP contribution in [0.4, 0.5) is 17.6 Å². The van der Waals surface area contributed by atoms with Crippen LogP contribution >= 0.6 is 0 Å². The van der Waals surface area contributed by atoms with Crippen molar-refractivity contribution in [2.75, 3.05) is 13.6 Å². The van der Waals surface area contributed by atoms with Gasteiger partial charge in [0, 0.05) is 18.5 Å². The Hall–Kier alpha value is -2.08. The number of fused-ring (bicyclic) bond motifs is 1. The molecule has 1 N–H and O–H groups in total. The maximum atomic E-state index is 14.3. The Labute approximate surface area is 131 Å².